The predicted octanol–water partition coefficient (Wildman–Crippen LogP) is 5.60. The summed E-state index contributed by atoms with van der Waals surface area (Å²) in [6.07, 6.45) is 6.14. The molecule has 17 heteroatoms. The first kappa shape index (κ1) is 46.3. The van der Waals surface area contributed by atoms with E-state index in [1.807, 2.05) is 6.20 Å². The number of aromatic nitrogens is 3. The number of likely N-dealkylation sites (tertiary alicyclic amines) is 1. The number of amides is 2. The first-order chi connectivity index (χ1) is 34.3. The number of anilines is 1. The van der Waals surface area contributed by atoms with Gasteiger partial charge in [-0.1, -0.05) is 33.8 Å². The van der Waals surface area contributed by atoms with Crippen molar-refractivity contribution >= 4 is 45.7 Å². The minimum Gasteiger partial charge on any atom is -0.464 e. The van der Waals surface area contributed by atoms with Crippen LogP contribution in [0.5, 0.6) is 0 Å². The maximum atomic E-state index is 15.3. The number of hydrazine groups is 1. The van der Waals surface area contributed by atoms with Crippen LogP contribution in [-0.2, 0) is 46.3 Å². The largest absolute Gasteiger partial charge is 0.464 e. The molecule has 3 aromatic heterocycles. The number of nitrogens with zero attached hydrogens (tertiary/aromatic N) is 7. The molecule has 5 saturated heterocycles. The van der Waals surface area contributed by atoms with E-state index >= 15 is 4.79 Å². The molecule has 2 N–H and O–H groups in total. The zero-order valence-electron chi connectivity index (χ0n) is 41.9. The van der Waals surface area contributed by atoms with E-state index in [0.717, 1.165) is 101 Å². The van der Waals surface area contributed by atoms with Crippen LogP contribution in [0.15, 0.2) is 35.8 Å². The second-order valence-corrected chi connectivity index (χ2v) is 24.6. The Morgan fingerprint density at radius 1 is 0.915 bits per heavy atom. The molecule has 3 saturated carbocycles. The van der Waals surface area contributed by atoms with Gasteiger partial charge in [-0.3, -0.25) is 29.4 Å². The molecule has 6 atom stereocenters. The summed E-state index contributed by atoms with van der Waals surface area (Å²) in [5.41, 5.74) is 10.1. The summed E-state index contributed by atoms with van der Waals surface area (Å²) < 4.78 is 27.3. The summed E-state index contributed by atoms with van der Waals surface area (Å²) >= 11 is 1.54. The van der Waals surface area contributed by atoms with Crippen molar-refractivity contribution in [3.63, 3.8) is 0 Å². The third-order valence-corrected chi connectivity index (χ3v) is 18.8. The lowest BCUT2D eigenvalue weighted by Crippen LogP contribution is -2.76. The number of piperazine rings is 1. The molecule has 2 spiro atoms. The van der Waals surface area contributed by atoms with Crippen LogP contribution >= 0.6 is 11.3 Å². The Balaban J connectivity index is 0.959. The molecular weight excluding hydrogens is 919 g/mol. The maximum Gasteiger partial charge on any atom is 0.328 e. The third-order valence-electron chi connectivity index (χ3n) is 17.8. The molecule has 8 fully saturated rings. The Bertz CT molecular complexity index is 2750. The Morgan fingerprint density at radius 2 is 1.70 bits per heavy atom. The van der Waals surface area contributed by atoms with E-state index in [9.17, 15) is 9.59 Å². The lowest BCUT2D eigenvalue weighted by Gasteiger charge is -2.58. The highest BCUT2D eigenvalue weighted by atomic mass is 32.1. The molecule has 16 nitrogen and oxygen atoms in total. The number of carbonyl (C=O) groups is 3. The Labute approximate surface area is 420 Å². The van der Waals surface area contributed by atoms with Gasteiger partial charge in [0.25, 0.3) is 5.91 Å². The van der Waals surface area contributed by atoms with Gasteiger partial charge in [-0.2, -0.15) is 0 Å². The van der Waals surface area contributed by atoms with Crippen LogP contribution in [0.4, 0.5) is 5.69 Å². The summed E-state index contributed by atoms with van der Waals surface area (Å²) in [5.74, 6) is -0.285. The molecule has 378 valence electrons. The van der Waals surface area contributed by atoms with Gasteiger partial charge in [-0.05, 0) is 80.5 Å². The number of ether oxygens (including phenoxy) is 4. The number of cyclic esters (lactones) is 1. The van der Waals surface area contributed by atoms with Gasteiger partial charge < -0.3 is 33.7 Å². The van der Waals surface area contributed by atoms with Crippen LogP contribution in [0.25, 0.3) is 33.4 Å². The smallest absolute Gasteiger partial charge is 0.328 e. The second kappa shape index (κ2) is 17.3. The Morgan fingerprint density at radius 3 is 2.44 bits per heavy atom. The van der Waals surface area contributed by atoms with E-state index in [4.69, 9.17) is 28.9 Å². The summed E-state index contributed by atoms with van der Waals surface area (Å²) in [6, 6.07) is 8.29. The van der Waals surface area contributed by atoms with Crippen LogP contribution in [0.3, 0.4) is 0 Å². The van der Waals surface area contributed by atoms with E-state index in [1.54, 1.807) is 16.3 Å². The van der Waals surface area contributed by atoms with E-state index in [-0.39, 0.29) is 59.6 Å². The SMILES string of the molecule is C[C@@H]1OCCOCCn2c(c3c4cc(ccc42)-c2csc(n2)[C@@H](N2CC4(COC4)C2)[C@H](NC(=O)C2[C@@H](C)[C@H]2C)C(=O)N2CC4CC(C4)(N2)C(=O)OCC(C)(C)C3)-c2cc(N3CCN(C4CC4)CC3)cnc21. The lowest BCUT2D eigenvalue weighted by atomic mass is 9.66. The van der Waals surface area contributed by atoms with E-state index in [0.29, 0.717) is 65.4 Å². The third kappa shape index (κ3) is 8.11. The topological polar surface area (TPSA) is 156 Å². The van der Waals surface area contributed by atoms with Gasteiger partial charge in [-0.25, -0.2) is 15.2 Å². The highest BCUT2D eigenvalue weighted by molar-refractivity contribution is 7.10. The van der Waals surface area contributed by atoms with Gasteiger partial charge in [0, 0.05) is 103 Å². The van der Waals surface area contributed by atoms with Crippen molar-refractivity contribution in [2.24, 2.45) is 34.5 Å². The van der Waals surface area contributed by atoms with Crippen molar-refractivity contribution in [2.45, 2.75) is 103 Å². The number of pyridine rings is 1. The van der Waals surface area contributed by atoms with Crippen LogP contribution in [-0.4, -0.2) is 150 Å². The Hall–Kier alpha value is -4.49. The number of benzene rings is 1. The summed E-state index contributed by atoms with van der Waals surface area (Å²) in [5, 5.41) is 8.91. The minimum absolute atomic E-state index is 0.0373. The average molecular weight is 988 g/mol. The number of nitrogens with one attached hydrogen (secondary N) is 2. The molecule has 7 bridgehead atoms. The van der Waals surface area contributed by atoms with Crippen LogP contribution in [0.1, 0.15) is 88.7 Å². The highest BCUT2D eigenvalue weighted by Crippen LogP contribution is 2.50. The van der Waals surface area contributed by atoms with Crippen molar-refractivity contribution in [3.8, 4) is 22.5 Å². The molecular formula is C54H69N9O7S. The van der Waals surface area contributed by atoms with Crippen LogP contribution in [0.2, 0.25) is 0 Å². The molecule has 1 unspecified atom stereocenters. The van der Waals surface area contributed by atoms with Crippen molar-refractivity contribution in [3.05, 3.63) is 52.1 Å². The fourth-order valence-electron chi connectivity index (χ4n) is 13.3. The van der Waals surface area contributed by atoms with Gasteiger partial charge in [0.05, 0.1) is 80.8 Å². The fraction of sp³-hybridized carbons (Fsp3) is 0.648. The zero-order chi connectivity index (χ0) is 48.6. The predicted molar refractivity (Wildman–Crippen MR) is 268 cm³/mol. The molecule has 4 aromatic rings. The van der Waals surface area contributed by atoms with Crippen LogP contribution < -0.4 is 15.6 Å². The normalized spacial score (nSPS) is 32.8. The lowest BCUT2D eigenvalue weighted by molar-refractivity contribution is -0.204. The number of rotatable bonds is 5. The van der Waals surface area contributed by atoms with Gasteiger partial charge in [0.2, 0.25) is 5.91 Å². The van der Waals surface area contributed by atoms with E-state index < -0.39 is 23.0 Å². The molecule has 1 aromatic carbocycles. The van der Waals surface area contributed by atoms with Crippen molar-refractivity contribution in [2.75, 3.05) is 90.4 Å². The maximum absolute atomic E-state index is 15.3. The standard InChI is InChI=1S/C54H69N9O7S/c1-31-32(2)43(31)48(64)57-45-47(61-26-53(27-61)29-68-30-53)49-56-41(25-71-49)35-6-9-42-38(18-35)40(22-52(4,5)28-70-51(66)54-20-34(21-54)24-63(58-54)50(45)65)46-39-19-37(60-12-10-59(11-13-60)36-7-8-36)23-55-44(39)33(3)69-17-16-67-15-14-62(42)46/h6,9,18-19,23,25,31-34,36,43,45,47,58H,7-8,10-17,20-22,24,26-30H2,1-5H3,(H,57,64)/t31-,32+,33-,34?,43?,45-,47-,54?/m0/s1. The number of hydrogen-bond donors (Lipinski definition) is 2. The van der Waals surface area contributed by atoms with Crippen molar-refractivity contribution in [1.29, 1.82) is 0 Å². The highest BCUT2D eigenvalue weighted by Gasteiger charge is 2.60. The second-order valence-electron chi connectivity index (χ2n) is 23.7. The molecule has 71 heavy (non-hydrogen) atoms. The average Bonchev–Trinajstić information content (AvgIpc) is 4.19. The molecule has 14 rings (SSSR count). The van der Waals surface area contributed by atoms with Crippen LogP contribution in [0, 0.1) is 34.5 Å². The molecule has 10 heterocycles. The minimum atomic E-state index is -1.04. The number of thiazole rings is 1. The number of fused-ring (bicyclic) bond motifs is 9. The quantitative estimate of drug-likeness (QED) is 0.239. The number of esters is 1. The van der Waals surface area contributed by atoms with E-state index in [2.05, 4.69) is 94.3 Å². The number of carbonyl (C=O) groups excluding carboxylic acids is 3. The molecule has 7 aliphatic heterocycles. The Kier molecular flexibility index (Phi) is 11.3. The molecule has 10 aliphatic rings. The van der Waals surface area contributed by atoms with Crippen molar-refractivity contribution < 1.29 is 33.3 Å². The van der Waals surface area contributed by atoms with Gasteiger partial charge in [0.15, 0.2) is 0 Å². The summed E-state index contributed by atoms with van der Waals surface area (Å²) in [6.45, 7) is 20.2. The van der Waals surface area contributed by atoms with Gasteiger partial charge >= 0.3 is 5.97 Å². The summed E-state index contributed by atoms with van der Waals surface area (Å²) in [4.78, 5) is 62.3. The van der Waals surface area contributed by atoms with Crippen molar-refractivity contribution in [1.82, 2.24) is 40.1 Å². The summed E-state index contributed by atoms with van der Waals surface area (Å²) in [7, 11) is 0. The molecule has 2 amide bonds. The number of hydrogen-bond acceptors (Lipinski definition) is 14. The first-order valence-electron chi connectivity index (χ1n) is 26.4. The fourth-order valence-corrected chi connectivity index (χ4v) is 14.3. The monoisotopic (exact) mass is 988 g/mol. The zero-order valence-corrected chi connectivity index (χ0v) is 42.7. The molecule has 0 radical (unpaired) electrons. The van der Waals surface area contributed by atoms with Gasteiger partial charge in [-0.15, -0.1) is 11.3 Å². The first-order valence-corrected chi connectivity index (χ1v) is 27.3. The van der Waals surface area contributed by atoms with E-state index in [1.165, 1.54) is 12.8 Å². The van der Waals surface area contributed by atoms with Gasteiger partial charge in [0.1, 0.15) is 16.6 Å². The molecule has 3 aliphatic carbocycles.